The van der Waals surface area contributed by atoms with Gasteiger partial charge in [0.15, 0.2) is 0 Å². The van der Waals surface area contributed by atoms with E-state index in [-0.39, 0.29) is 5.97 Å². The van der Waals surface area contributed by atoms with Gasteiger partial charge in [0.2, 0.25) is 0 Å². The quantitative estimate of drug-likeness (QED) is 0.122. The van der Waals surface area contributed by atoms with Gasteiger partial charge in [-0.15, -0.1) is 11.8 Å². The number of rotatable bonds is 14. The first kappa shape index (κ1) is 25.8. The third kappa shape index (κ3) is 10.1. The van der Waals surface area contributed by atoms with E-state index in [2.05, 4.69) is 43.9 Å². The summed E-state index contributed by atoms with van der Waals surface area (Å²) in [5, 5.41) is 0. The highest BCUT2D eigenvalue weighted by Crippen LogP contribution is 2.50. The van der Waals surface area contributed by atoms with E-state index in [1.54, 1.807) is 5.57 Å². The minimum absolute atomic E-state index is 0.0125. The Bertz CT molecular complexity index is 633. The van der Waals surface area contributed by atoms with Gasteiger partial charge in [-0.05, 0) is 82.0 Å². The van der Waals surface area contributed by atoms with Crippen LogP contribution in [0.25, 0.3) is 0 Å². The Morgan fingerprint density at radius 1 is 1.16 bits per heavy atom. The van der Waals surface area contributed by atoms with Gasteiger partial charge >= 0.3 is 5.97 Å². The smallest absolute Gasteiger partial charge is 0.305 e. The zero-order chi connectivity index (χ0) is 22.3. The second-order valence-corrected chi connectivity index (χ2v) is 9.86. The van der Waals surface area contributed by atoms with Gasteiger partial charge in [-0.3, -0.25) is 4.79 Å². The molecule has 0 aromatic carbocycles. The van der Waals surface area contributed by atoms with Gasteiger partial charge in [-0.1, -0.05) is 63.3 Å². The van der Waals surface area contributed by atoms with Crippen LogP contribution in [0.4, 0.5) is 0 Å². The molecule has 0 bridgehead atoms. The van der Waals surface area contributed by atoms with E-state index in [4.69, 9.17) is 4.74 Å². The second-order valence-electron chi connectivity index (χ2n) is 9.86. The maximum absolute atomic E-state index is 11.9. The lowest BCUT2D eigenvalue weighted by Gasteiger charge is -2.14. The highest BCUT2D eigenvalue weighted by molar-refractivity contribution is 5.69. The highest BCUT2D eigenvalue weighted by atomic mass is 16.5. The largest absolute Gasteiger partial charge is 0.466 e. The molecule has 0 radical (unpaired) electrons. The number of unbranched alkanes of at least 4 members (excludes halogenated alkanes) is 5. The second kappa shape index (κ2) is 15.3. The lowest BCUT2D eigenvalue weighted by molar-refractivity contribution is -0.143. The minimum Gasteiger partial charge on any atom is -0.466 e. The number of allylic oxidation sites excluding steroid dienone is 4. The van der Waals surface area contributed by atoms with Crippen LogP contribution in [0.5, 0.6) is 0 Å². The molecule has 2 aliphatic carbocycles. The van der Waals surface area contributed by atoms with Crippen molar-refractivity contribution in [2.24, 2.45) is 23.7 Å². The average Bonchev–Trinajstić information content (AvgIpc) is 3.33. The molecule has 2 rings (SSSR count). The molecular weight excluding hydrogens is 380 g/mol. The van der Waals surface area contributed by atoms with E-state index in [0.717, 1.165) is 49.9 Å². The summed E-state index contributed by atoms with van der Waals surface area (Å²) in [7, 11) is 0. The van der Waals surface area contributed by atoms with Crippen LogP contribution < -0.4 is 0 Å². The zero-order valence-corrected chi connectivity index (χ0v) is 20.5. The number of carbonyl (C=O) groups is 1. The Kier molecular flexibility index (Phi) is 12.7. The third-order valence-electron chi connectivity index (χ3n) is 7.13. The molecular formula is C29H46O2. The summed E-state index contributed by atoms with van der Waals surface area (Å²) < 4.78 is 5.37. The molecule has 4 unspecified atom stereocenters. The molecule has 2 heteroatoms. The van der Waals surface area contributed by atoms with Gasteiger partial charge < -0.3 is 4.74 Å². The molecule has 0 heterocycles. The molecule has 174 valence electrons. The lowest BCUT2D eigenvalue weighted by Crippen LogP contribution is -2.06. The normalized spacial score (nSPS) is 24.9. The molecule has 2 nitrogen and oxygen atoms in total. The van der Waals surface area contributed by atoms with Crippen LogP contribution in [0, 0.1) is 35.5 Å². The van der Waals surface area contributed by atoms with Gasteiger partial charge in [0.25, 0.3) is 0 Å². The summed E-state index contributed by atoms with van der Waals surface area (Å²) in [4.78, 5) is 11.9. The van der Waals surface area contributed by atoms with Crippen molar-refractivity contribution in [3.05, 3.63) is 23.8 Å². The molecule has 31 heavy (non-hydrogen) atoms. The van der Waals surface area contributed by atoms with Crippen LogP contribution in [0.3, 0.4) is 0 Å². The van der Waals surface area contributed by atoms with E-state index in [0.29, 0.717) is 18.9 Å². The van der Waals surface area contributed by atoms with E-state index in [1.807, 2.05) is 6.92 Å². The first-order valence-electron chi connectivity index (χ1n) is 13.0. The van der Waals surface area contributed by atoms with Crippen molar-refractivity contribution in [1.82, 2.24) is 0 Å². The number of hydrogen-bond donors (Lipinski definition) is 0. The van der Waals surface area contributed by atoms with Crippen LogP contribution >= 0.6 is 0 Å². The summed E-state index contributed by atoms with van der Waals surface area (Å²) in [6.45, 7) is 7.04. The van der Waals surface area contributed by atoms with Crippen molar-refractivity contribution < 1.29 is 9.53 Å². The van der Waals surface area contributed by atoms with E-state index >= 15 is 0 Å². The van der Waals surface area contributed by atoms with Crippen molar-refractivity contribution in [1.29, 1.82) is 0 Å². The van der Waals surface area contributed by atoms with Crippen LogP contribution in [0.1, 0.15) is 111 Å². The van der Waals surface area contributed by atoms with E-state index in [9.17, 15) is 4.79 Å². The molecule has 0 aromatic heterocycles. The Balaban J connectivity index is 1.60. The molecule has 0 aromatic rings. The van der Waals surface area contributed by atoms with Gasteiger partial charge in [0, 0.05) is 12.8 Å². The molecule has 2 aliphatic rings. The molecule has 2 saturated carbocycles. The first-order valence-corrected chi connectivity index (χ1v) is 13.0. The maximum atomic E-state index is 11.9. The fourth-order valence-corrected chi connectivity index (χ4v) is 5.25. The lowest BCUT2D eigenvalue weighted by atomic mass is 9.91. The Morgan fingerprint density at radius 2 is 2.00 bits per heavy atom. The van der Waals surface area contributed by atoms with Crippen molar-refractivity contribution >= 4 is 5.97 Å². The molecule has 0 saturated heterocycles. The Morgan fingerprint density at radius 3 is 2.81 bits per heavy atom. The van der Waals surface area contributed by atoms with Gasteiger partial charge in [0.1, 0.15) is 0 Å². The monoisotopic (exact) mass is 426 g/mol. The summed E-state index contributed by atoms with van der Waals surface area (Å²) in [5.41, 5.74) is 1.64. The summed E-state index contributed by atoms with van der Waals surface area (Å²) in [5.74, 6) is 9.36. The van der Waals surface area contributed by atoms with Crippen molar-refractivity contribution in [3.8, 4) is 11.8 Å². The third-order valence-corrected chi connectivity index (χ3v) is 7.13. The van der Waals surface area contributed by atoms with Crippen LogP contribution in [0.2, 0.25) is 0 Å². The standard InChI is InChI=1S/C29H46O2/c1-4-6-8-9-12-21-31-29(30)18-11-10-16-25-22-27-20-19-26(28(27)23-25)17-13-15-24(3)14-7-5-2/h13,16-17,24,26-28H,4,6,8-12,14-15,18-23H2,1-3H3/b17-13+,25-16+. The molecule has 2 fully saturated rings. The van der Waals surface area contributed by atoms with Crippen molar-refractivity contribution in [3.63, 3.8) is 0 Å². The van der Waals surface area contributed by atoms with Gasteiger partial charge in [0.05, 0.1) is 6.61 Å². The molecule has 0 N–H and O–H groups in total. The highest BCUT2D eigenvalue weighted by Gasteiger charge is 2.39. The molecule has 0 spiro atoms. The Labute approximate surface area is 192 Å². The van der Waals surface area contributed by atoms with Crippen LogP contribution in [-0.2, 0) is 9.53 Å². The number of carbonyl (C=O) groups excluding carboxylic acids is 1. The summed E-state index contributed by atoms with van der Waals surface area (Å²) in [6.07, 6.45) is 23.4. The fraction of sp³-hybridized carbons (Fsp3) is 0.759. The number of hydrogen-bond acceptors (Lipinski definition) is 2. The van der Waals surface area contributed by atoms with Crippen molar-refractivity contribution in [2.75, 3.05) is 6.61 Å². The minimum atomic E-state index is -0.0125. The van der Waals surface area contributed by atoms with E-state index in [1.165, 1.54) is 51.4 Å². The molecule has 0 aliphatic heterocycles. The fourth-order valence-electron chi connectivity index (χ4n) is 5.25. The number of ether oxygens (including phenoxy) is 1. The predicted octanol–water partition coefficient (Wildman–Crippen LogP) is 8.03. The van der Waals surface area contributed by atoms with Gasteiger partial charge in [-0.2, -0.15) is 0 Å². The van der Waals surface area contributed by atoms with Crippen LogP contribution in [-0.4, -0.2) is 12.6 Å². The SMILES string of the molecule is CC#CCC(C)C/C=C/C1CCC2C/C(=C\CCCC(=O)OCCCCCCC)CC12. The molecule has 4 atom stereocenters. The Hall–Kier alpha value is -1.49. The van der Waals surface area contributed by atoms with Crippen LogP contribution in [0.15, 0.2) is 23.8 Å². The first-order chi connectivity index (χ1) is 15.1. The maximum Gasteiger partial charge on any atom is 0.305 e. The average molecular weight is 427 g/mol. The summed E-state index contributed by atoms with van der Waals surface area (Å²) >= 11 is 0. The predicted molar refractivity (Wildman–Crippen MR) is 132 cm³/mol. The topological polar surface area (TPSA) is 26.3 Å². The number of esters is 1. The van der Waals surface area contributed by atoms with E-state index < -0.39 is 0 Å². The number of fused-ring (bicyclic) bond motifs is 1. The van der Waals surface area contributed by atoms with Gasteiger partial charge in [-0.25, -0.2) is 0 Å². The zero-order valence-electron chi connectivity index (χ0n) is 20.5. The molecule has 0 amide bonds. The van der Waals surface area contributed by atoms with Crippen molar-refractivity contribution in [2.45, 2.75) is 111 Å². The summed E-state index contributed by atoms with van der Waals surface area (Å²) in [6, 6.07) is 0.